The van der Waals surface area contributed by atoms with Crippen LogP contribution in [0.15, 0.2) is 22.9 Å². The molecule has 1 rings (SSSR count). The first-order valence-corrected chi connectivity index (χ1v) is 5.97. The summed E-state index contributed by atoms with van der Waals surface area (Å²) in [6.07, 6.45) is 2.46. The van der Waals surface area contributed by atoms with E-state index >= 15 is 0 Å². The lowest BCUT2D eigenvalue weighted by molar-refractivity contribution is 0.0463. The highest BCUT2D eigenvalue weighted by Crippen LogP contribution is 2.19. The van der Waals surface area contributed by atoms with Gasteiger partial charge in [0.2, 0.25) is 0 Å². The zero-order chi connectivity index (χ0) is 12.2. The minimum absolute atomic E-state index is 0.173. The van der Waals surface area contributed by atoms with E-state index in [0.717, 1.165) is 6.42 Å². The van der Waals surface area contributed by atoms with Gasteiger partial charge in [0, 0.05) is 6.20 Å². The van der Waals surface area contributed by atoms with Crippen LogP contribution in [-0.4, -0.2) is 17.6 Å². The summed E-state index contributed by atoms with van der Waals surface area (Å²) >= 11 is 3.22. The molecule has 0 amide bonds. The quantitative estimate of drug-likeness (QED) is 0.631. The fraction of sp³-hybridized carbons (Fsp3) is 0.500. The van der Waals surface area contributed by atoms with Crippen molar-refractivity contribution in [3.05, 3.63) is 28.5 Å². The van der Waals surface area contributed by atoms with Crippen molar-refractivity contribution in [1.82, 2.24) is 4.98 Å². The van der Waals surface area contributed by atoms with Gasteiger partial charge < -0.3 is 4.74 Å². The Hall–Kier alpha value is -0.900. The van der Waals surface area contributed by atoms with Crippen molar-refractivity contribution in [2.24, 2.45) is 5.41 Å². The second kappa shape index (κ2) is 5.43. The molecule has 0 atom stereocenters. The van der Waals surface area contributed by atoms with Crippen LogP contribution in [0, 0.1) is 5.41 Å². The van der Waals surface area contributed by atoms with E-state index < -0.39 is 0 Å². The van der Waals surface area contributed by atoms with Crippen molar-refractivity contribution in [1.29, 1.82) is 0 Å². The molecule has 0 aliphatic heterocycles. The molecule has 1 heterocycles. The third-order valence-corrected chi connectivity index (χ3v) is 2.70. The Balaban J connectivity index is 2.51. The average Bonchev–Trinajstić information content (AvgIpc) is 2.16. The standard InChI is InChI=1S/C12H16BrNO2/c1-12(2,3)6-8-16-11(15)9-5-4-7-14-10(9)13/h4-5,7H,6,8H2,1-3H3. The first kappa shape index (κ1) is 13.2. The maximum Gasteiger partial charge on any atom is 0.340 e. The maximum absolute atomic E-state index is 11.7. The van der Waals surface area contributed by atoms with E-state index in [1.165, 1.54) is 0 Å². The van der Waals surface area contributed by atoms with E-state index in [-0.39, 0.29) is 11.4 Å². The van der Waals surface area contributed by atoms with Crippen LogP contribution in [-0.2, 0) is 4.74 Å². The maximum atomic E-state index is 11.7. The van der Waals surface area contributed by atoms with Gasteiger partial charge in [-0.05, 0) is 39.9 Å². The molecule has 0 spiro atoms. The topological polar surface area (TPSA) is 39.2 Å². The van der Waals surface area contributed by atoms with Gasteiger partial charge in [0.1, 0.15) is 4.60 Å². The molecule has 0 aromatic carbocycles. The average molecular weight is 286 g/mol. The number of esters is 1. The fourth-order valence-corrected chi connectivity index (χ4v) is 1.48. The molecule has 0 radical (unpaired) electrons. The highest BCUT2D eigenvalue weighted by atomic mass is 79.9. The second-order valence-corrected chi connectivity index (χ2v) is 5.54. The number of carbonyl (C=O) groups excluding carboxylic acids is 1. The molecule has 3 nitrogen and oxygen atoms in total. The SMILES string of the molecule is CC(C)(C)CCOC(=O)c1cccnc1Br. The molecule has 0 saturated heterocycles. The summed E-state index contributed by atoms with van der Waals surface area (Å²) in [6, 6.07) is 3.40. The number of hydrogen-bond acceptors (Lipinski definition) is 3. The normalized spacial score (nSPS) is 11.2. The van der Waals surface area contributed by atoms with Crippen LogP contribution in [0.4, 0.5) is 0 Å². The molecular formula is C12H16BrNO2. The Bertz CT molecular complexity index is 372. The summed E-state index contributed by atoms with van der Waals surface area (Å²) in [4.78, 5) is 15.6. The summed E-state index contributed by atoms with van der Waals surface area (Å²) in [6.45, 7) is 6.77. The number of pyridine rings is 1. The second-order valence-electron chi connectivity index (χ2n) is 4.79. The van der Waals surface area contributed by atoms with Crippen LogP contribution in [0.1, 0.15) is 37.6 Å². The molecule has 0 unspecified atom stereocenters. The smallest absolute Gasteiger partial charge is 0.340 e. The zero-order valence-corrected chi connectivity index (χ0v) is 11.4. The highest BCUT2D eigenvalue weighted by molar-refractivity contribution is 9.10. The number of rotatable bonds is 3. The van der Waals surface area contributed by atoms with Crippen molar-refractivity contribution in [3.63, 3.8) is 0 Å². The van der Waals surface area contributed by atoms with Crippen LogP contribution in [0.2, 0.25) is 0 Å². The third kappa shape index (κ3) is 4.31. The molecule has 88 valence electrons. The van der Waals surface area contributed by atoms with Gasteiger partial charge >= 0.3 is 5.97 Å². The lowest BCUT2D eigenvalue weighted by Gasteiger charge is -2.17. The third-order valence-electron chi connectivity index (χ3n) is 2.06. The van der Waals surface area contributed by atoms with Crippen LogP contribution in [0.25, 0.3) is 0 Å². The Morgan fingerprint density at radius 2 is 2.19 bits per heavy atom. The summed E-state index contributed by atoms with van der Waals surface area (Å²) in [5.74, 6) is -0.329. The molecule has 0 N–H and O–H groups in total. The van der Waals surface area contributed by atoms with Crippen molar-refractivity contribution < 1.29 is 9.53 Å². The minimum Gasteiger partial charge on any atom is -0.462 e. The van der Waals surface area contributed by atoms with Gasteiger partial charge in [-0.2, -0.15) is 0 Å². The van der Waals surface area contributed by atoms with Gasteiger partial charge in [-0.25, -0.2) is 9.78 Å². The van der Waals surface area contributed by atoms with Crippen LogP contribution in [0.3, 0.4) is 0 Å². The number of nitrogens with zero attached hydrogens (tertiary/aromatic N) is 1. The zero-order valence-electron chi connectivity index (χ0n) is 9.79. The minimum atomic E-state index is -0.329. The molecule has 16 heavy (non-hydrogen) atoms. The number of ether oxygens (including phenoxy) is 1. The van der Waals surface area contributed by atoms with E-state index in [9.17, 15) is 4.79 Å². The van der Waals surface area contributed by atoms with Crippen LogP contribution < -0.4 is 0 Å². The lowest BCUT2D eigenvalue weighted by atomic mass is 9.93. The van der Waals surface area contributed by atoms with Crippen molar-refractivity contribution in [3.8, 4) is 0 Å². The van der Waals surface area contributed by atoms with Gasteiger partial charge in [0.25, 0.3) is 0 Å². The monoisotopic (exact) mass is 285 g/mol. The fourth-order valence-electron chi connectivity index (χ4n) is 1.07. The molecule has 0 fully saturated rings. The molecule has 4 heteroatoms. The molecule has 0 aliphatic rings. The number of aromatic nitrogens is 1. The molecule has 0 saturated carbocycles. The summed E-state index contributed by atoms with van der Waals surface area (Å²) in [7, 11) is 0. The van der Waals surface area contributed by atoms with Gasteiger partial charge in [0.05, 0.1) is 12.2 Å². The molecule has 1 aromatic heterocycles. The molecule has 0 bridgehead atoms. The Kier molecular flexibility index (Phi) is 4.47. The van der Waals surface area contributed by atoms with Gasteiger partial charge in [-0.1, -0.05) is 20.8 Å². The Morgan fingerprint density at radius 1 is 1.50 bits per heavy atom. The lowest BCUT2D eigenvalue weighted by Crippen LogP contribution is -2.13. The van der Waals surface area contributed by atoms with E-state index in [0.29, 0.717) is 16.8 Å². The van der Waals surface area contributed by atoms with Crippen LogP contribution in [0.5, 0.6) is 0 Å². The van der Waals surface area contributed by atoms with Crippen molar-refractivity contribution in [2.75, 3.05) is 6.61 Å². The van der Waals surface area contributed by atoms with Gasteiger partial charge in [-0.15, -0.1) is 0 Å². The van der Waals surface area contributed by atoms with E-state index in [2.05, 4.69) is 41.7 Å². The summed E-state index contributed by atoms with van der Waals surface area (Å²) in [5.41, 5.74) is 0.642. The molecule has 0 aliphatic carbocycles. The largest absolute Gasteiger partial charge is 0.462 e. The molecular weight excluding hydrogens is 270 g/mol. The Morgan fingerprint density at radius 3 is 2.75 bits per heavy atom. The molecule has 1 aromatic rings. The first-order chi connectivity index (χ1) is 7.40. The van der Waals surface area contributed by atoms with E-state index in [1.807, 2.05) is 0 Å². The Labute approximate surface area is 104 Å². The highest BCUT2D eigenvalue weighted by Gasteiger charge is 2.14. The number of hydrogen-bond donors (Lipinski definition) is 0. The van der Waals surface area contributed by atoms with Crippen molar-refractivity contribution in [2.45, 2.75) is 27.2 Å². The van der Waals surface area contributed by atoms with E-state index in [1.54, 1.807) is 18.3 Å². The number of halogens is 1. The van der Waals surface area contributed by atoms with Gasteiger partial charge in [-0.3, -0.25) is 0 Å². The predicted molar refractivity (Wildman–Crippen MR) is 66.3 cm³/mol. The first-order valence-electron chi connectivity index (χ1n) is 5.18. The van der Waals surface area contributed by atoms with Crippen molar-refractivity contribution >= 4 is 21.9 Å². The predicted octanol–water partition coefficient (Wildman–Crippen LogP) is 3.44. The number of carbonyl (C=O) groups is 1. The van der Waals surface area contributed by atoms with Crippen LogP contribution >= 0.6 is 15.9 Å². The summed E-state index contributed by atoms with van der Waals surface area (Å²) in [5, 5.41) is 0. The van der Waals surface area contributed by atoms with Gasteiger partial charge in [0.15, 0.2) is 0 Å². The summed E-state index contributed by atoms with van der Waals surface area (Å²) < 4.78 is 5.70. The van der Waals surface area contributed by atoms with E-state index in [4.69, 9.17) is 4.74 Å².